The van der Waals surface area contributed by atoms with Crippen molar-refractivity contribution in [3.05, 3.63) is 83.4 Å². The highest BCUT2D eigenvalue weighted by molar-refractivity contribution is 5.89. The van der Waals surface area contributed by atoms with Gasteiger partial charge < -0.3 is 4.74 Å². The van der Waals surface area contributed by atoms with Crippen LogP contribution in [0.4, 0.5) is 0 Å². The van der Waals surface area contributed by atoms with E-state index in [-0.39, 0.29) is 12.3 Å². The van der Waals surface area contributed by atoms with E-state index in [1.807, 2.05) is 73.1 Å². The van der Waals surface area contributed by atoms with Crippen LogP contribution in [0.25, 0.3) is 16.7 Å². The molecule has 2 aromatic heterocycles. The van der Waals surface area contributed by atoms with Gasteiger partial charge in [0, 0.05) is 5.69 Å². The first kappa shape index (κ1) is 16.9. The molecule has 0 atom stereocenters. The normalized spacial score (nSPS) is 10.9. The van der Waals surface area contributed by atoms with Crippen LogP contribution in [0.1, 0.15) is 27.4 Å². The zero-order chi connectivity index (χ0) is 18.8. The van der Waals surface area contributed by atoms with Gasteiger partial charge in [-0.3, -0.25) is 4.98 Å². The first-order valence-corrected chi connectivity index (χ1v) is 8.62. The summed E-state index contributed by atoms with van der Waals surface area (Å²) in [7, 11) is 0. The number of fused-ring (bicyclic) bond motifs is 1. The smallest absolute Gasteiger partial charge is 0.358 e. The van der Waals surface area contributed by atoms with Crippen molar-refractivity contribution >= 4 is 17.0 Å². The molecule has 0 spiro atoms. The lowest BCUT2D eigenvalue weighted by molar-refractivity contribution is 0.0465. The number of aryl methyl sites for hydroxylation is 2. The monoisotopic (exact) mass is 358 g/mol. The lowest BCUT2D eigenvalue weighted by Crippen LogP contribution is -2.08. The van der Waals surface area contributed by atoms with Gasteiger partial charge in [0.1, 0.15) is 6.61 Å². The van der Waals surface area contributed by atoms with Gasteiger partial charge in [-0.25, -0.2) is 14.5 Å². The summed E-state index contributed by atoms with van der Waals surface area (Å²) < 4.78 is 7.26. The molecule has 0 N–H and O–H groups in total. The number of aromatic nitrogens is 4. The van der Waals surface area contributed by atoms with Gasteiger partial charge in [-0.2, -0.15) is 5.10 Å². The van der Waals surface area contributed by atoms with Gasteiger partial charge in [-0.05, 0) is 49.7 Å². The van der Waals surface area contributed by atoms with Crippen molar-refractivity contribution in [1.82, 2.24) is 19.7 Å². The van der Waals surface area contributed by atoms with E-state index in [1.165, 1.54) is 6.20 Å². The third-order valence-electron chi connectivity index (χ3n) is 4.22. The van der Waals surface area contributed by atoms with E-state index in [9.17, 15) is 4.79 Å². The second kappa shape index (κ2) is 6.99. The quantitative estimate of drug-likeness (QED) is 0.519. The van der Waals surface area contributed by atoms with Gasteiger partial charge in [0.2, 0.25) is 0 Å². The van der Waals surface area contributed by atoms with E-state index in [4.69, 9.17) is 4.74 Å². The second-order valence-corrected chi connectivity index (χ2v) is 6.33. The number of esters is 1. The molecule has 0 aliphatic heterocycles. The molecule has 134 valence electrons. The Bertz CT molecular complexity index is 1120. The summed E-state index contributed by atoms with van der Waals surface area (Å²) in [6.07, 6.45) is 1.44. The van der Waals surface area contributed by atoms with Gasteiger partial charge in [-0.15, -0.1) is 0 Å². The summed E-state index contributed by atoms with van der Waals surface area (Å²) in [5, 5.41) is 4.46. The van der Waals surface area contributed by atoms with Crippen LogP contribution >= 0.6 is 0 Å². The summed E-state index contributed by atoms with van der Waals surface area (Å²) in [6.45, 7) is 4.15. The van der Waals surface area contributed by atoms with Crippen LogP contribution in [0.5, 0.6) is 0 Å². The Hall–Kier alpha value is -3.54. The Morgan fingerprint density at radius 2 is 1.78 bits per heavy atom. The molecule has 0 aliphatic carbocycles. The van der Waals surface area contributed by atoms with Crippen molar-refractivity contribution in [3.8, 4) is 5.69 Å². The van der Waals surface area contributed by atoms with Crippen molar-refractivity contribution in [2.24, 2.45) is 0 Å². The number of carbonyl (C=O) groups excluding carboxylic acids is 1. The van der Waals surface area contributed by atoms with Crippen molar-refractivity contribution in [2.45, 2.75) is 20.5 Å². The molecule has 0 radical (unpaired) electrons. The number of ether oxygens (including phenoxy) is 1. The van der Waals surface area contributed by atoms with Gasteiger partial charge in [0.25, 0.3) is 0 Å². The van der Waals surface area contributed by atoms with E-state index in [0.717, 1.165) is 28.2 Å². The van der Waals surface area contributed by atoms with E-state index in [2.05, 4.69) is 15.1 Å². The molecule has 2 heterocycles. The summed E-state index contributed by atoms with van der Waals surface area (Å²) in [5.74, 6) is -0.490. The van der Waals surface area contributed by atoms with Gasteiger partial charge >= 0.3 is 5.97 Å². The van der Waals surface area contributed by atoms with Crippen LogP contribution in [0.3, 0.4) is 0 Å². The van der Waals surface area contributed by atoms with Crippen LogP contribution < -0.4 is 0 Å². The fourth-order valence-electron chi connectivity index (χ4n) is 2.90. The standard InChI is InChI=1S/C21H18N4O2/c1-14-11-15(2)25(24-14)17-9-7-16(8-10-17)13-27-21(26)20-12-22-18-5-3-4-6-19(18)23-20/h3-12H,13H2,1-2H3. The Morgan fingerprint density at radius 3 is 2.48 bits per heavy atom. The fourth-order valence-corrected chi connectivity index (χ4v) is 2.90. The molecular weight excluding hydrogens is 340 g/mol. The second-order valence-electron chi connectivity index (χ2n) is 6.33. The van der Waals surface area contributed by atoms with E-state index >= 15 is 0 Å². The Morgan fingerprint density at radius 1 is 1.04 bits per heavy atom. The first-order valence-electron chi connectivity index (χ1n) is 8.62. The molecular formula is C21H18N4O2. The summed E-state index contributed by atoms with van der Waals surface area (Å²) in [4.78, 5) is 20.8. The molecule has 27 heavy (non-hydrogen) atoms. The first-order chi connectivity index (χ1) is 13.1. The van der Waals surface area contributed by atoms with E-state index in [0.29, 0.717) is 5.52 Å². The molecule has 4 aromatic rings. The maximum atomic E-state index is 12.3. The Labute approximate surface area is 156 Å². The average Bonchev–Trinajstić information content (AvgIpc) is 3.04. The van der Waals surface area contributed by atoms with Crippen molar-refractivity contribution in [3.63, 3.8) is 0 Å². The van der Waals surface area contributed by atoms with Crippen LogP contribution in [0, 0.1) is 13.8 Å². The largest absolute Gasteiger partial charge is 0.456 e. The molecule has 0 amide bonds. The number of hydrogen-bond donors (Lipinski definition) is 0. The van der Waals surface area contributed by atoms with E-state index in [1.54, 1.807) is 0 Å². The molecule has 6 nitrogen and oxygen atoms in total. The van der Waals surface area contributed by atoms with E-state index < -0.39 is 5.97 Å². The molecule has 0 bridgehead atoms. The highest BCUT2D eigenvalue weighted by Crippen LogP contribution is 2.14. The highest BCUT2D eigenvalue weighted by atomic mass is 16.5. The lowest BCUT2D eigenvalue weighted by atomic mass is 10.2. The zero-order valence-corrected chi connectivity index (χ0v) is 15.1. The van der Waals surface area contributed by atoms with Crippen molar-refractivity contribution < 1.29 is 9.53 Å². The van der Waals surface area contributed by atoms with Crippen molar-refractivity contribution in [1.29, 1.82) is 0 Å². The molecule has 6 heteroatoms. The van der Waals surface area contributed by atoms with Crippen molar-refractivity contribution in [2.75, 3.05) is 0 Å². The predicted octanol–water partition coefficient (Wildman–Crippen LogP) is 3.79. The van der Waals surface area contributed by atoms with Crippen LogP contribution in [-0.4, -0.2) is 25.7 Å². The minimum Gasteiger partial charge on any atom is -0.456 e. The molecule has 0 aliphatic rings. The van der Waals surface area contributed by atoms with Gasteiger partial charge in [0.05, 0.1) is 28.6 Å². The fraction of sp³-hybridized carbons (Fsp3) is 0.143. The summed E-state index contributed by atoms with van der Waals surface area (Å²) in [6, 6.07) is 17.2. The predicted molar refractivity (Wildman–Crippen MR) is 102 cm³/mol. The maximum Gasteiger partial charge on any atom is 0.358 e. The lowest BCUT2D eigenvalue weighted by Gasteiger charge is -2.07. The third-order valence-corrected chi connectivity index (χ3v) is 4.22. The zero-order valence-electron chi connectivity index (χ0n) is 15.1. The highest BCUT2D eigenvalue weighted by Gasteiger charge is 2.11. The number of nitrogens with zero attached hydrogens (tertiary/aromatic N) is 4. The third kappa shape index (κ3) is 3.55. The number of hydrogen-bond acceptors (Lipinski definition) is 5. The molecule has 0 saturated heterocycles. The number of para-hydroxylation sites is 2. The molecule has 0 fully saturated rings. The van der Waals surface area contributed by atoms with Crippen LogP contribution in [-0.2, 0) is 11.3 Å². The van der Waals surface area contributed by atoms with Crippen LogP contribution in [0.2, 0.25) is 0 Å². The van der Waals surface area contributed by atoms with Gasteiger partial charge in [-0.1, -0.05) is 24.3 Å². The van der Waals surface area contributed by atoms with Gasteiger partial charge in [0.15, 0.2) is 5.69 Å². The minimum atomic E-state index is -0.490. The Kier molecular flexibility index (Phi) is 4.38. The number of rotatable bonds is 4. The summed E-state index contributed by atoms with van der Waals surface area (Å²) in [5.41, 5.74) is 5.52. The number of benzene rings is 2. The Balaban J connectivity index is 1.44. The average molecular weight is 358 g/mol. The molecule has 0 saturated carbocycles. The molecule has 2 aromatic carbocycles. The topological polar surface area (TPSA) is 69.9 Å². The number of carbonyl (C=O) groups is 1. The summed E-state index contributed by atoms with van der Waals surface area (Å²) >= 11 is 0. The molecule has 4 rings (SSSR count). The minimum absolute atomic E-state index is 0.171. The maximum absolute atomic E-state index is 12.3. The SMILES string of the molecule is Cc1cc(C)n(-c2ccc(COC(=O)c3cnc4ccccc4n3)cc2)n1. The molecule has 0 unspecified atom stereocenters. The van der Waals surface area contributed by atoms with Crippen LogP contribution in [0.15, 0.2) is 60.8 Å².